The second-order valence-corrected chi connectivity index (χ2v) is 8.17. The average Bonchev–Trinajstić information content (AvgIpc) is 3.01. The number of ether oxygens (including phenoxy) is 2. The quantitative estimate of drug-likeness (QED) is 0.542. The molecule has 0 amide bonds. The molecule has 2 rings (SSSR count). The summed E-state index contributed by atoms with van der Waals surface area (Å²) in [5, 5.41) is 0. The standard InChI is InChI=1S/C18H26O6S/c1-12-5-8-16(9-6-12)25(20,21)24-13(2)11-15-7-10-17(23-15)14(3)18(19)22-4/h5-6,8-9,13-15,17H,7,10-11H2,1-4H3/t13-,14+,15-,17+/m1/s1. The smallest absolute Gasteiger partial charge is 0.311 e. The van der Waals surface area contributed by atoms with Gasteiger partial charge in [-0.25, -0.2) is 0 Å². The van der Waals surface area contributed by atoms with Crippen molar-refractivity contribution in [3.05, 3.63) is 29.8 Å². The summed E-state index contributed by atoms with van der Waals surface area (Å²) in [4.78, 5) is 11.7. The van der Waals surface area contributed by atoms with E-state index < -0.39 is 16.2 Å². The summed E-state index contributed by atoms with van der Waals surface area (Å²) in [6.45, 7) is 5.38. The molecule has 1 aromatic rings. The second kappa shape index (κ2) is 8.29. The Hall–Kier alpha value is -1.44. The minimum Gasteiger partial charge on any atom is -0.469 e. The Kier molecular flexibility index (Phi) is 6.59. The van der Waals surface area contributed by atoms with Crippen LogP contribution in [0.1, 0.15) is 38.7 Å². The van der Waals surface area contributed by atoms with Gasteiger partial charge in [0.25, 0.3) is 10.1 Å². The predicted molar refractivity (Wildman–Crippen MR) is 92.6 cm³/mol. The van der Waals surface area contributed by atoms with Crippen molar-refractivity contribution in [2.45, 2.75) is 63.2 Å². The van der Waals surface area contributed by atoms with E-state index >= 15 is 0 Å². The monoisotopic (exact) mass is 370 g/mol. The lowest BCUT2D eigenvalue weighted by molar-refractivity contribution is -0.150. The highest BCUT2D eigenvalue weighted by Gasteiger charge is 2.34. The van der Waals surface area contributed by atoms with Crippen LogP contribution in [0, 0.1) is 12.8 Å². The SMILES string of the molecule is COC(=O)[C@@H](C)[C@@H]1CC[C@H](C[C@@H](C)OS(=O)(=O)c2ccc(C)cc2)O1. The van der Waals surface area contributed by atoms with Gasteiger partial charge in [-0.3, -0.25) is 8.98 Å². The fourth-order valence-corrected chi connectivity index (χ4v) is 4.09. The Morgan fingerprint density at radius 2 is 1.88 bits per heavy atom. The van der Waals surface area contributed by atoms with Crippen LogP contribution in [0.15, 0.2) is 29.2 Å². The van der Waals surface area contributed by atoms with E-state index in [1.165, 1.54) is 19.2 Å². The molecule has 6 nitrogen and oxygen atoms in total. The molecule has 0 radical (unpaired) electrons. The Bertz CT molecular complexity index is 682. The van der Waals surface area contributed by atoms with Gasteiger partial charge in [0.15, 0.2) is 0 Å². The summed E-state index contributed by atoms with van der Waals surface area (Å²) in [6, 6.07) is 6.55. The maximum atomic E-state index is 12.3. The van der Waals surface area contributed by atoms with E-state index in [1.54, 1.807) is 26.0 Å². The van der Waals surface area contributed by atoms with E-state index in [0.29, 0.717) is 6.42 Å². The Morgan fingerprint density at radius 3 is 2.48 bits per heavy atom. The van der Waals surface area contributed by atoms with Crippen molar-refractivity contribution in [3.63, 3.8) is 0 Å². The number of hydrogen-bond acceptors (Lipinski definition) is 6. The van der Waals surface area contributed by atoms with E-state index in [9.17, 15) is 13.2 Å². The van der Waals surface area contributed by atoms with Crippen LogP contribution in [0.5, 0.6) is 0 Å². The minimum atomic E-state index is -3.79. The summed E-state index contributed by atoms with van der Waals surface area (Å²) in [7, 11) is -2.44. The highest BCUT2D eigenvalue weighted by molar-refractivity contribution is 7.86. The van der Waals surface area contributed by atoms with Crippen molar-refractivity contribution in [1.29, 1.82) is 0 Å². The molecule has 0 N–H and O–H groups in total. The summed E-state index contributed by atoms with van der Waals surface area (Å²) < 4.78 is 40.5. The molecule has 7 heteroatoms. The summed E-state index contributed by atoms with van der Waals surface area (Å²) in [5.41, 5.74) is 0.983. The molecule has 1 fully saturated rings. The molecule has 0 unspecified atom stereocenters. The number of rotatable bonds is 7. The molecule has 0 aliphatic carbocycles. The van der Waals surface area contributed by atoms with Gasteiger partial charge in [-0.2, -0.15) is 8.42 Å². The number of hydrogen-bond donors (Lipinski definition) is 0. The molecule has 0 spiro atoms. The number of aryl methyl sites for hydroxylation is 1. The fourth-order valence-electron chi connectivity index (χ4n) is 3.00. The van der Waals surface area contributed by atoms with Crippen molar-refractivity contribution in [3.8, 4) is 0 Å². The third kappa shape index (κ3) is 5.26. The third-order valence-electron chi connectivity index (χ3n) is 4.47. The lowest BCUT2D eigenvalue weighted by Gasteiger charge is -2.20. The average molecular weight is 370 g/mol. The minimum absolute atomic E-state index is 0.125. The van der Waals surface area contributed by atoms with Gasteiger partial charge in [-0.1, -0.05) is 17.7 Å². The number of methoxy groups -OCH3 is 1. The molecule has 0 bridgehead atoms. The van der Waals surface area contributed by atoms with Gasteiger partial charge >= 0.3 is 5.97 Å². The first-order valence-electron chi connectivity index (χ1n) is 8.46. The van der Waals surface area contributed by atoms with Gasteiger partial charge in [0.2, 0.25) is 0 Å². The van der Waals surface area contributed by atoms with Crippen LogP contribution in [-0.2, 0) is 28.6 Å². The molecule has 1 heterocycles. The molecular formula is C18H26O6S. The Balaban J connectivity index is 1.89. The third-order valence-corrected chi connectivity index (χ3v) is 5.90. The van der Waals surface area contributed by atoms with Crippen LogP contribution in [0.25, 0.3) is 0 Å². The highest BCUT2D eigenvalue weighted by Crippen LogP contribution is 2.29. The number of carbonyl (C=O) groups excluding carboxylic acids is 1. The van der Waals surface area contributed by atoms with Crippen molar-refractivity contribution >= 4 is 16.1 Å². The zero-order valence-electron chi connectivity index (χ0n) is 15.1. The molecule has 1 aromatic carbocycles. The van der Waals surface area contributed by atoms with Crippen molar-refractivity contribution in [2.75, 3.05) is 7.11 Å². The van der Waals surface area contributed by atoms with Gasteiger partial charge in [-0.05, 0) is 45.7 Å². The maximum Gasteiger partial charge on any atom is 0.311 e. The topological polar surface area (TPSA) is 78.9 Å². The predicted octanol–water partition coefficient (Wildman–Crippen LogP) is 2.84. The van der Waals surface area contributed by atoms with Gasteiger partial charge in [0.05, 0.1) is 36.2 Å². The van der Waals surface area contributed by atoms with Crippen LogP contribution in [0.3, 0.4) is 0 Å². The van der Waals surface area contributed by atoms with Gasteiger partial charge in [0, 0.05) is 6.42 Å². The van der Waals surface area contributed by atoms with Crippen LogP contribution in [-0.4, -0.2) is 39.8 Å². The lowest BCUT2D eigenvalue weighted by Crippen LogP contribution is -2.28. The van der Waals surface area contributed by atoms with Crippen molar-refractivity contribution in [1.82, 2.24) is 0 Å². The molecule has 140 valence electrons. The number of esters is 1. The highest BCUT2D eigenvalue weighted by atomic mass is 32.2. The summed E-state index contributed by atoms with van der Waals surface area (Å²) >= 11 is 0. The largest absolute Gasteiger partial charge is 0.469 e. The van der Waals surface area contributed by atoms with Gasteiger partial charge in [-0.15, -0.1) is 0 Å². The molecule has 4 atom stereocenters. The van der Waals surface area contributed by atoms with E-state index in [0.717, 1.165) is 18.4 Å². The zero-order valence-corrected chi connectivity index (χ0v) is 15.9. The summed E-state index contributed by atoms with van der Waals surface area (Å²) in [6.07, 6.45) is 1.14. The lowest BCUT2D eigenvalue weighted by atomic mass is 10.0. The van der Waals surface area contributed by atoms with Crippen LogP contribution < -0.4 is 0 Å². The van der Waals surface area contributed by atoms with E-state index in [-0.39, 0.29) is 29.0 Å². The van der Waals surface area contributed by atoms with E-state index in [2.05, 4.69) is 0 Å². The summed E-state index contributed by atoms with van der Waals surface area (Å²) in [5.74, 6) is -0.626. The van der Waals surface area contributed by atoms with Crippen molar-refractivity contribution in [2.24, 2.45) is 5.92 Å². The normalized spacial score (nSPS) is 23.2. The first kappa shape index (κ1) is 19.9. The molecular weight excluding hydrogens is 344 g/mol. The Labute approximate surface area is 149 Å². The Morgan fingerprint density at radius 1 is 1.24 bits per heavy atom. The molecule has 1 saturated heterocycles. The first-order chi connectivity index (χ1) is 11.7. The molecule has 0 saturated carbocycles. The number of benzene rings is 1. The zero-order chi connectivity index (χ0) is 18.6. The van der Waals surface area contributed by atoms with E-state index in [4.69, 9.17) is 13.7 Å². The van der Waals surface area contributed by atoms with Gasteiger partial charge < -0.3 is 9.47 Å². The van der Waals surface area contributed by atoms with Crippen LogP contribution in [0.2, 0.25) is 0 Å². The molecule has 0 aromatic heterocycles. The first-order valence-corrected chi connectivity index (χ1v) is 9.87. The second-order valence-electron chi connectivity index (χ2n) is 6.60. The molecule has 1 aliphatic rings. The van der Waals surface area contributed by atoms with Gasteiger partial charge in [0.1, 0.15) is 0 Å². The molecule has 1 aliphatic heterocycles. The van der Waals surface area contributed by atoms with Crippen LogP contribution in [0.4, 0.5) is 0 Å². The van der Waals surface area contributed by atoms with Crippen molar-refractivity contribution < 1.29 is 26.9 Å². The maximum absolute atomic E-state index is 12.3. The van der Waals surface area contributed by atoms with Crippen LogP contribution >= 0.6 is 0 Å². The number of carbonyl (C=O) groups is 1. The van der Waals surface area contributed by atoms with E-state index in [1.807, 2.05) is 6.92 Å². The molecule has 25 heavy (non-hydrogen) atoms. The fraction of sp³-hybridized carbons (Fsp3) is 0.611.